The predicted molar refractivity (Wildman–Crippen MR) is 95.9 cm³/mol. The molecule has 120 valence electrons. The van der Waals surface area contributed by atoms with Crippen molar-refractivity contribution >= 4 is 11.1 Å². The van der Waals surface area contributed by atoms with E-state index >= 15 is 0 Å². The SMILES string of the molecule is CC(C)(C)c1nc2ccc(CC(C)(C)c3ccccc3)cc2o1. The molecular weight excluding hydrogens is 282 g/mol. The number of hydrogen-bond acceptors (Lipinski definition) is 2. The zero-order valence-electron chi connectivity index (χ0n) is 14.7. The van der Waals surface area contributed by atoms with Crippen LogP contribution in [-0.2, 0) is 17.3 Å². The number of aromatic nitrogens is 1. The Morgan fingerprint density at radius 2 is 1.61 bits per heavy atom. The highest BCUT2D eigenvalue weighted by molar-refractivity contribution is 5.73. The summed E-state index contributed by atoms with van der Waals surface area (Å²) < 4.78 is 5.98. The average Bonchev–Trinajstić information content (AvgIpc) is 2.91. The van der Waals surface area contributed by atoms with E-state index in [9.17, 15) is 0 Å². The lowest BCUT2D eigenvalue weighted by Gasteiger charge is -2.25. The van der Waals surface area contributed by atoms with Crippen molar-refractivity contribution < 1.29 is 4.42 Å². The van der Waals surface area contributed by atoms with E-state index < -0.39 is 0 Å². The molecule has 0 aliphatic heterocycles. The maximum Gasteiger partial charge on any atom is 0.200 e. The van der Waals surface area contributed by atoms with E-state index in [0.29, 0.717) is 0 Å². The molecule has 0 amide bonds. The standard InChI is InChI=1S/C21H25NO/c1-20(2,3)19-22-17-12-11-15(13-18(17)23-19)14-21(4,5)16-9-7-6-8-10-16/h6-13H,14H2,1-5H3. The number of benzene rings is 2. The third-order valence-electron chi connectivity index (χ3n) is 4.30. The predicted octanol–water partition coefficient (Wildman–Crippen LogP) is 5.65. The molecule has 0 atom stereocenters. The van der Waals surface area contributed by atoms with E-state index in [2.05, 4.69) is 88.1 Å². The second-order valence-corrected chi connectivity index (χ2v) is 8.00. The van der Waals surface area contributed by atoms with Gasteiger partial charge in [0.05, 0.1) is 0 Å². The Kier molecular flexibility index (Phi) is 3.79. The minimum absolute atomic E-state index is 0.0670. The molecule has 1 aromatic heterocycles. The maximum absolute atomic E-state index is 5.98. The quantitative estimate of drug-likeness (QED) is 0.625. The van der Waals surface area contributed by atoms with Crippen LogP contribution in [0, 0.1) is 0 Å². The molecule has 0 aliphatic carbocycles. The Balaban J connectivity index is 1.92. The van der Waals surface area contributed by atoms with Crippen molar-refractivity contribution in [3.63, 3.8) is 0 Å². The summed E-state index contributed by atoms with van der Waals surface area (Å²) >= 11 is 0. The van der Waals surface area contributed by atoms with E-state index in [-0.39, 0.29) is 10.8 Å². The Morgan fingerprint density at radius 3 is 2.26 bits per heavy atom. The Hall–Kier alpha value is -2.09. The van der Waals surface area contributed by atoms with Gasteiger partial charge >= 0.3 is 0 Å². The zero-order chi connectivity index (χ0) is 16.7. The molecule has 0 spiro atoms. The highest BCUT2D eigenvalue weighted by Crippen LogP contribution is 2.30. The van der Waals surface area contributed by atoms with Gasteiger partial charge in [0.2, 0.25) is 5.89 Å². The first-order valence-corrected chi connectivity index (χ1v) is 8.21. The van der Waals surface area contributed by atoms with Gasteiger partial charge < -0.3 is 4.42 Å². The monoisotopic (exact) mass is 307 g/mol. The van der Waals surface area contributed by atoms with E-state index in [1.807, 2.05) is 0 Å². The summed E-state index contributed by atoms with van der Waals surface area (Å²) in [6, 6.07) is 17.1. The summed E-state index contributed by atoms with van der Waals surface area (Å²) in [4.78, 5) is 4.61. The highest BCUT2D eigenvalue weighted by atomic mass is 16.3. The van der Waals surface area contributed by atoms with Gasteiger partial charge in [-0.05, 0) is 35.1 Å². The second kappa shape index (κ2) is 5.52. The van der Waals surface area contributed by atoms with Gasteiger partial charge in [-0.15, -0.1) is 0 Å². The topological polar surface area (TPSA) is 26.0 Å². The molecule has 2 nitrogen and oxygen atoms in total. The van der Waals surface area contributed by atoms with Crippen LogP contribution < -0.4 is 0 Å². The van der Waals surface area contributed by atoms with Crippen LogP contribution in [0.1, 0.15) is 51.6 Å². The number of rotatable bonds is 3. The van der Waals surface area contributed by atoms with Gasteiger partial charge in [-0.2, -0.15) is 0 Å². The molecule has 23 heavy (non-hydrogen) atoms. The van der Waals surface area contributed by atoms with Crippen LogP contribution in [0.2, 0.25) is 0 Å². The van der Waals surface area contributed by atoms with Crippen LogP contribution in [0.4, 0.5) is 0 Å². The molecule has 0 radical (unpaired) electrons. The van der Waals surface area contributed by atoms with Crippen molar-refractivity contribution in [1.82, 2.24) is 4.98 Å². The maximum atomic E-state index is 5.98. The van der Waals surface area contributed by atoms with E-state index in [1.165, 1.54) is 11.1 Å². The van der Waals surface area contributed by atoms with Crippen molar-refractivity contribution in [2.24, 2.45) is 0 Å². The summed E-state index contributed by atoms with van der Waals surface area (Å²) in [5, 5.41) is 0. The number of hydrogen-bond donors (Lipinski definition) is 0. The zero-order valence-corrected chi connectivity index (χ0v) is 14.7. The summed E-state index contributed by atoms with van der Waals surface area (Å²) in [5.74, 6) is 0.798. The summed E-state index contributed by atoms with van der Waals surface area (Å²) in [5.41, 5.74) is 4.48. The first-order valence-electron chi connectivity index (χ1n) is 8.21. The van der Waals surface area contributed by atoms with Gasteiger partial charge in [-0.25, -0.2) is 4.98 Å². The van der Waals surface area contributed by atoms with Gasteiger partial charge in [-0.3, -0.25) is 0 Å². The lowest BCUT2D eigenvalue weighted by atomic mass is 9.79. The Bertz CT molecular complexity index is 807. The van der Waals surface area contributed by atoms with Crippen LogP contribution in [0.25, 0.3) is 11.1 Å². The van der Waals surface area contributed by atoms with E-state index in [4.69, 9.17) is 4.42 Å². The number of fused-ring (bicyclic) bond motifs is 1. The molecule has 3 aromatic rings. The summed E-state index contributed by atoms with van der Waals surface area (Å²) in [6.07, 6.45) is 0.971. The van der Waals surface area contributed by atoms with E-state index in [1.54, 1.807) is 0 Å². The van der Waals surface area contributed by atoms with Crippen molar-refractivity contribution in [1.29, 1.82) is 0 Å². The van der Waals surface area contributed by atoms with Crippen molar-refractivity contribution in [3.8, 4) is 0 Å². The number of nitrogens with zero attached hydrogens (tertiary/aromatic N) is 1. The van der Waals surface area contributed by atoms with E-state index in [0.717, 1.165) is 23.4 Å². The largest absolute Gasteiger partial charge is 0.440 e. The van der Waals surface area contributed by atoms with Crippen LogP contribution in [-0.4, -0.2) is 4.98 Å². The van der Waals surface area contributed by atoms with Crippen molar-refractivity contribution in [2.75, 3.05) is 0 Å². The second-order valence-electron chi connectivity index (χ2n) is 8.00. The van der Waals surface area contributed by atoms with Gasteiger partial charge in [0.15, 0.2) is 5.58 Å². The fourth-order valence-electron chi connectivity index (χ4n) is 2.90. The van der Waals surface area contributed by atoms with Crippen molar-refractivity contribution in [2.45, 2.75) is 51.9 Å². The molecule has 0 saturated carbocycles. The smallest absolute Gasteiger partial charge is 0.200 e. The normalized spacial score (nSPS) is 12.7. The molecule has 0 fully saturated rings. The van der Waals surface area contributed by atoms with Crippen LogP contribution >= 0.6 is 0 Å². The van der Waals surface area contributed by atoms with Crippen molar-refractivity contribution in [3.05, 3.63) is 65.5 Å². The molecule has 0 N–H and O–H groups in total. The fourth-order valence-corrected chi connectivity index (χ4v) is 2.90. The third kappa shape index (κ3) is 3.31. The number of oxazole rings is 1. The first-order chi connectivity index (χ1) is 10.8. The molecule has 2 aromatic carbocycles. The van der Waals surface area contributed by atoms with Crippen LogP contribution in [0.3, 0.4) is 0 Å². The first kappa shape index (κ1) is 15.8. The molecule has 0 saturated heterocycles. The fraction of sp³-hybridized carbons (Fsp3) is 0.381. The third-order valence-corrected chi connectivity index (χ3v) is 4.30. The lowest BCUT2D eigenvalue weighted by molar-refractivity contribution is 0.410. The molecule has 0 aliphatic rings. The Morgan fingerprint density at radius 1 is 0.913 bits per heavy atom. The summed E-state index contributed by atoms with van der Waals surface area (Å²) in [6.45, 7) is 10.9. The van der Waals surface area contributed by atoms with Crippen LogP contribution in [0.15, 0.2) is 52.9 Å². The van der Waals surface area contributed by atoms with Crippen LogP contribution in [0.5, 0.6) is 0 Å². The van der Waals surface area contributed by atoms with Gasteiger partial charge in [0.25, 0.3) is 0 Å². The van der Waals surface area contributed by atoms with Gasteiger partial charge in [0.1, 0.15) is 5.52 Å². The lowest BCUT2D eigenvalue weighted by Crippen LogP contribution is -2.20. The molecule has 3 rings (SSSR count). The van der Waals surface area contributed by atoms with Gasteiger partial charge in [0, 0.05) is 5.41 Å². The molecular formula is C21H25NO. The Labute approximate surface area is 138 Å². The highest BCUT2D eigenvalue weighted by Gasteiger charge is 2.23. The van der Waals surface area contributed by atoms with Gasteiger partial charge in [-0.1, -0.05) is 71.0 Å². The molecule has 2 heteroatoms. The average molecular weight is 307 g/mol. The summed E-state index contributed by atoms with van der Waals surface area (Å²) in [7, 11) is 0. The molecule has 0 unspecified atom stereocenters. The minimum atomic E-state index is -0.0670. The molecule has 0 bridgehead atoms. The minimum Gasteiger partial charge on any atom is -0.440 e. The molecule has 1 heterocycles.